The van der Waals surface area contributed by atoms with E-state index in [-0.39, 0.29) is 25.4 Å². The van der Waals surface area contributed by atoms with Crippen molar-refractivity contribution in [2.24, 2.45) is 0 Å². The molecule has 37 heavy (non-hydrogen) atoms. The average Bonchev–Trinajstić information content (AvgIpc) is 3.37. The number of hydrogen-bond donors (Lipinski definition) is 2. The Morgan fingerprint density at radius 3 is 2.57 bits per heavy atom. The molecule has 2 aromatic carbocycles. The number of benzene rings is 2. The SMILES string of the molecule is C=CCOC(=O)NCc1ccc([C@@H]2O[C@H](CN3CCC[C@H]3COC)C[C@H](c3ccc(CO)cc3)O2)cc1. The second-order valence-corrected chi connectivity index (χ2v) is 9.58. The Morgan fingerprint density at radius 1 is 1.14 bits per heavy atom. The zero-order chi connectivity index (χ0) is 26.0. The molecule has 0 spiro atoms. The molecule has 2 saturated heterocycles. The van der Waals surface area contributed by atoms with Crippen LogP contribution in [0.2, 0.25) is 0 Å². The summed E-state index contributed by atoms with van der Waals surface area (Å²) in [6, 6.07) is 16.2. The minimum Gasteiger partial charge on any atom is -0.445 e. The maximum atomic E-state index is 11.7. The normalized spacial score (nSPS) is 24.1. The van der Waals surface area contributed by atoms with E-state index in [2.05, 4.69) is 16.8 Å². The summed E-state index contributed by atoms with van der Waals surface area (Å²) < 4.78 is 23.4. The molecule has 1 amide bonds. The number of nitrogens with zero attached hydrogens (tertiary/aromatic N) is 1. The molecule has 8 heteroatoms. The van der Waals surface area contributed by atoms with Crippen molar-refractivity contribution in [1.29, 1.82) is 0 Å². The molecule has 0 aromatic heterocycles. The third kappa shape index (κ3) is 7.63. The van der Waals surface area contributed by atoms with Crippen molar-refractivity contribution in [3.63, 3.8) is 0 Å². The lowest BCUT2D eigenvalue weighted by Crippen LogP contribution is -2.42. The standard InChI is InChI=1S/C29H38N2O6/c1-3-15-35-29(33)30-17-21-6-12-24(13-7-21)28-36-26(18-31-14-4-5-25(31)20-34-2)16-27(37-28)23-10-8-22(19-32)9-11-23/h3,6-13,25-28,32H,1,4-5,14-20H2,2H3,(H,30,33)/t25-,26-,27+,28+/m0/s1. The van der Waals surface area contributed by atoms with Gasteiger partial charge in [-0.05, 0) is 36.1 Å². The van der Waals surface area contributed by atoms with Crippen molar-refractivity contribution in [1.82, 2.24) is 10.2 Å². The molecule has 0 bridgehead atoms. The van der Waals surface area contributed by atoms with Crippen molar-refractivity contribution in [3.8, 4) is 0 Å². The molecular weight excluding hydrogens is 472 g/mol. The molecule has 2 aliphatic rings. The van der Waals surface area contributed by atoms with Gasteiger partial charge >= 0.3 is 6.09 Å². The van der Waals surface area contributed by atoms with Gasteiger partial charge < -0.3 is 29.4 Å². The van der Waals surface area contributed by atoms with E-state index in [0.717, 1.165) is 54.8 Å². The Hall–Kier alpha value is -2.75. The van der Waals surface area contributed by atoms with E-state index in [4.69, 9.17) is 18.9 Å². The fourth-order valence-electron chi connectivity index (χ4n) is 4.96. The molecule has 4 atom stereocenters. The smallest absolute Gasteiger partial charge is 0.407 e. The van der Waals surface area contributed by atoms with Crippen molar-refractivity contribution in [3.05, 3.63) is 83.4 Å². The number of amides is 1. The van der Waals surface area contributed by atoms with Crippen LogP contribution in [0.1, 0.15) is 53.9 Å². The number of alkyl carbamates (subject to hydrolysis) is 1. The van der Waals surface area contributed by atoms with Crippen LogP contribution >= 0.6 is 0 Å². The van der Waals surface area contributed by atoms with E-state index >= 15 is 0 Å². The van der Waals surface area contributed by atoms with Crippen LogP contribution < -0.4 is 5.32 Å². The highest BCUT2D eigenvalue weighted by Gasteiger charge is 2.35. The lowest BCUT2D eigenvalue weighted by atomic mass is 9.99. The predicted octanol–water partition coefficient (Wildman–Crippen LogP) is 4.25. The summed E-state index contributed by atoms with van der Waals surface area (Å²) >= 11 is 0. The number of likely N-dealkylation sites (tertiary alicyclic amines) is 1. The van der Waals surface area contributed by atoms with Crippen LogP contribution in [0.25, 0.3) is 0 Å². The Labute approximate surface area is 219 Å². The molecule has 4 rings (SSSR count). The molecule has 2 heterocycles. The minimum absolute atomic E-state index is 0.000280. The van der Waals surface area contributed by atoms with Crippen LogP contribution in [-0.2, 0) is 32.1 Å². The largest absolute Gasteiger partial charge is 0.445 e. The van der Waals surface area contributed by atoms with Crippen LogP contribution in [0, 0.1) is 0 Å². The summed E-state index contributed by atoms with van der Waals surface area (Å²) in [5, 5.41) is 12.2. The molecule has 0 unspecified atom stereocenters. The molecule has 2 fully saturated rings. The van der Waals surface area contributed by atoms with Gasteiger partial charge in [0.05, 0.1) is 25.4 Å². The first kappa shape index (κ1) is 27.3. The summed E-state index contributed by atoms with van der Waals surface area (Å²) in [5.41, 5.74) is 3.82. The van der Waals surface area contributed by atoms with E-state index in [1.807, 2.05) is 48.5 Å². The maximum Gasteiger partial charge on any atom is 0.407 e. The highest BCUT2D eigenvalue weighted by Crippen LogP contribution is 2.38. The molecule has 2 N–H and O–H groups in total. The fourth-order valence-corrected chi connectivity index (χ4v) is 4.96. The van der Waals surface area contributed by atoms with Gasteiger partial charge in [0, 0.05) is 38.2 Å². The van der Waals surface area contributed by atoms with E-state index in [0.29, 0.717) is 12.6 Å². The second kappa shape index (κ2) is 13.7. The third-order valence-corrected chi connectivity index (χ3v) is 6.93. The Bertz CT molecular complexity index is 996. The zero-order valence-electron chi connectivity index (χ0n) is 21.5. The molecular formula is C29H38N2O6. The number of carbonyl (C=O) groups is 1. The zero-order valence-corrected chi connectivity index (χ0v) is 21.5. The Morgan fingerprint density at radius 2 is 1.86 bits per heavy atom. The number of methoxy groups -OCH3 is 1. The Kier molecular flexibility index (Phi) is 10.1. The van der Waals surface area contributed by atoms with Gasteiger partial charge in [0.15, 0.2) is 6.29 Å². The van der Waals surface area contributed by atoms with E-state index in [9.17, 15) is 9.90 Å². The first-order valence-corrected chi connectivity index (χ1v) is 12.9. The van der Waals surface area contributed by atoms with Crippen LogP contribution in [0.3, 0.4) is 0 Å². The summed E-state index contributed by atoms with van der Waals surface area (Å²) in [6.07, 6.45) is 3.48. The fraction of sp³-hybridized carbons (Fsp3) is 0.483. The van der Waals surface area contributed by atoms with Crippen molar-refractivity contribution in [2.75, 3.05) is 33.4 Å². The lowest BCUT2D eigenvalue weighted by molar-refractivity contribution is -0.253. The van der Waals surface area contributed by atoms with Gasteiger partial charge in [-0.25, -0.2) is 4.79 Å². The highest BCUT2D eigenvalue weighted by molar-refractivity contribution is 5.67. The predicted molar refractivity (Wildman–Crippen MR) is 140 cm³/mol. The first-order chi connectivity index (χ1) is 18.1. The molecule has 0 radical (unpaired) electrons. The van der Waals surface area contributed by atoms with Gasteiger partial charge in [-0.3, -0.25) is 4.90 Å². The van der Waals surface area contributed by atoms with Gasteiger partial charge in [-0.1, -0.05) is 61.2 Å². The van der Waals surface area contributed by atoms with Gasteiger partial charge in [-0.15, -0.1) is 0 Å². The summed E-state index contributed by atoms with van der Waals surface area (Å²) in [4.78, 5) is 14.2. The van der Waals surface area contributed by atoms with Gasteiger partial charge in [0.1, 0.15) is 6.61 Å². The molecule has 0 saturated carbocycles. The monoisotopic (exact) mass is 510 g/mol. The van der Waals surface area contributed by atoms with Crippen LogP contribution in [0.15, 0.2) is 61.2 Å². The molecule has 2 aromatic rings. The van der Waals surface area contributed by atoms with Crippen LogP contribution in [-0.4, -0.2) is 61.7 Å². The van der Waals surface area contributed by atoms with Crippen molar-refractivity contribution in [2.45, 2.75) is 57.0 Å². The topological polar surface area (TPSA) is 89.5 Å². The van der Waals surface area contributed by atoms with Crippen LogP contribution in [0.5, 0.6) is 0 Å². The second-order valence-electron chi connectivity index (χ2n) is 9.58. The molecule has 2 aliphatic heterocycles. The quantitative estimate of drug-likeness (QED) is 0.437. The number of hydrogen-bond acceptors (Lipinski definition) is 7. The average molecular weight is 511 g/mol. The van der Waals surface area contributed by atoms with Crippen molar-refractivity contribution < 1.29 is 28.8 Å². The number of aliphatic hydroxyl groups excluding tert-OH is 1. The summed E-state index contributed by atoms with van der Waals surface area (Å²) in [7, 11) is 1.76. The number of carbonyl (C=O) groups excluding carboxylic acids is 1. The van der Waals surface area contributed by atoms with Crippen LogP contribution in [0.4, 0.5) is 4.79 Å². The number of ether oxygens (including phenoxy) is 4. The number of nitrogens with one attached hydrogen (secondary N) is 1. The van der Waals surface area contributed by atoms with Gasteiger partial charge in [0.2, 0.25) is 0 Å². The third-order valence-electron chi connectivity index (χ3n) is 6.93. The van der Waals surface area contributed by atoms with Gasteiger partial charge in [-0.2, -0.15) is 0 Å². The number of aliphatic hydroxyl groups is 1. The van der Waals surface area contributed by atoms with Crippen molar-refractivity contribution >= 4 is 6.09 Å². The van der Waals surface area contributed by atoms with E-state index < -0.39 is 12.4 Å². The summed E-state index contributed by atoms with van der Waals surface area (Å²) in [5.74, 6) is 0. The Balaban J connectivity index is 1.45. The lowest BCUT2D eigenvalue weighted by Gasteiger charge is -2.38. The van der Waals surface area contributed by atoms with Gasteiger partial charge in [0.25, 0.3) is 0 Å². The molecule has 0 aliphatic carbocycles. The minimum atomic E-state index is -0.510. The molecule has 200 valence electrons. The maximum absolute atomic E-state index is 11.7. The highest BCUT2D eigenvalue weighted by atomic mass is 16.7. The first-order valence-electron chi connectivity index (χ1n) is 12.9. The number of rotatable bonds is 11. The summed E-state index contributed by atoms with van der Waals surface area (Å²) in [6.45, 7) is 6.70. The van der Waals surface area contributed by atoms with E-state index in [1.165, 1.54) is 12.5 Å². The van der Waals surface area contributed by atoms with E-state index in [1.54, 1.807) is 7.11 Å². The molecule has 8 nitrogen and oxygen atoms in total.